The van der Waals surface area contributed by atoms with Gasteiger partial charge in [0, 0.05) is 35.8 Å². The molecule has 4 rings (SSSR count). The van der Waals surface area contributed by atoms with Gasteiger partial charge in [-0.3, -0.25) is 0 Å². The molecule has 134 valence electrons. The normalized spacial score (nSPS) is 26.0. The maximum Gasteiger partial charge on any atom is 0.416 e. The molecule has 2 fully saturated rings. The van der Waals surface area contributed by atoms with E-state index in [4.69, 9.17) is 0 Å². The summed E-state index contributed by atoms with van der Waals surface area (Å²) in [6.45, 7) is 3.10. The molecule has 1 saturated carbocycles. The van der Waals surface area contributed by atoms with Crippen molar-refractivity contribution < 1.29 is 13.2 Å². The zero-order valence-corrected chi connectivity index (χ0v) is 15.3. The van der Waals surface area contributed by atoms with Gasteiger partial charge in [0.15, 0.2) is 0 Å². The number of hydrogen-bond donors (Lipinski definition) is 0. The predicted molar refractivity (Wildman–Crippen MR) is 95.1 cm³/mol. The van der Waals surface area contributed by atoms with Gasteiger partial charge in [-0.2, -0.15) is 13.2 Å². The lowest BCUT2D eigenvalue weighted by molar-refractivity contribution is -0.137. The van der Waals surface area contributed by atoms with Crippen LogP contribution in [0.25, 0.3) is 0 Å². The lowest BCUT2D eigenvalue weighted by Gasteiger charge is -2.21. The summed E-state index contributed by atoms with van der Waals surface area (Å²) >= 11 is 3.47. The molecule has 25 heavy (non-hydrogen) atoms. The van der Waals surface area contributed by atoms with E-state index in [9.17, 15) is 13.2 Å². The van der Waals surface area contributed by atoms with Crippen molar-refractivity contribution in [2.24, 2.45) is 5.92 Å². The van der Waals surface area contributed by atoms with Crippen LogP contribution in [0.5, 0.6) is 0 Å². The van der Waals surface area contributed by atoms with Crippen molar-refractivity contribution in [1.82, 2.24) is 9.88 Å². The number of benzene rings is 1. The van der Waals surface area contributed by atoms with Gasteiger partial charge >= 0.3 is 6.18 Å². The molecule has 7 heteroatoms. The maximum absolute atomic E-state index is 12.7. The Morgan fingerprint density at radius 3 is 2.76 bits per heavy atom. The average molecular weight is 384 g/mol. The summed E-state index contributed by atoms with van der Waals surface area (Å²) in [6.07, 6.45) is -0.201. The molecule has 2 aliphatic rings. The van der Waals surface area contributed by atoms with E-state index in [1.54, 1.807) is 35.2 Å². The number of halogens is 3. The van der Waals surface area contributed by atoms with E-state index in [1.807, 2.05) is 11.6 Å². The Morgan fingerprint density at radius 1 is 1.28 bits per heavy atom. The molecule has 2 aromatic rings. The van der Waals surface area contributed by atoms with Gasteiger partial charge in [0.2, 0.25) is 0 Å². The van der Waals surface area contributed by atoms with Gasteiger partial charge in [-0.05, 0) is 43.0 Å². The topological polar surface area (TPSA) is 16.1 Å². The summed E-state index contributed by atoms with van der Waals surface area (Å²) in [6, 6.07) is 5.83. The van der Waals surface area contributed by atoms with Crippen molar-refractivity contribution >= 4 is 23.1 Å². The number of fused-ring (bicyclic) bond motifs is 1. The number of thiazole rings is 1. The van der Waals surface area contributed by atoms with Crippen LogP contribution in [-0.4, -0.2) is 35.3 Å². The number of likely N-dealkylation sites (tertiary alicyclic amines) is 1. The van der Waals surface area contributed by atoms with E-state index in [2.05, 4.69) is 9.88 Å². The standard InChI is InChI=1S/C18H19F3N2S2/c19-18(20,21)14-4-2-13(3-5-14)17-10-15(17)11-23(12-17)7-1-8-24-16-22-6-9-25-16/h2-6,9,15H,1,7-8,10-12H2/t15-,17+/m0/s1. The Labute approximate surface area is 153 Å². The summed E-state index contributed by atoms with van der Waals surface area (Å²) in [5.74, 6) is 1.66. The van der Waals surface area contributed by atoms with Crippen molar-refractivity contribution in [1.29, 1.82) is 0 Å². The summed E-state index contributed by atoms with van der Waals surface area (Å²) in [5, 5.41) is 1.99. The van der Waals surface area contributed by atoms with E-state index in [0.717, 1.165) is 48.1 Å². The highest BCUT2D eigenvalue weighted by Gasteiger charge is 2.60. The van der Waals surface area contributed by atoms with Crippen molar-refractivity contribution in [3.63, 3.8) is 0 Å². The smallest absolute Gasteiger partial charge is 0.302 e. The van der Waals surface area contributed by atoms with E-state index < -0.39 is 11.7 Å². The van der Waals surface area contributed by atoms with Crippen molar-refractivity contribution in [3.05, 3.63) is 47.0 Å². The SMILES string of the molecule is FC(F)(F)c1ccc([C@]23C[C@H]2CN(CCCSc2nccs2)C3)cc1. The Kier molecular flexibility index (Phi) is 4.58. The molecule has 2 nitrogen and oxygen atoms in total. The fourth-order valence-electron chi connectivity index (χ4n) is 3.92. The largest absolute Gasteiger partial charge is 0.416 e. The van der Waals surface area contributed by atoms with Crippen LogP contribution >= 0.6 is 23.1 Å². The van der Waals surface area contributed by atoms with Crippen molar-refractivity contribution in [2.75, 3.05) is 25.4 Å². The third-order valence-electron chi connectivity index (χ3n) is 5.26. The van der Waals surface area contributed by atoms with Crippen LogP contribution in [-0.2, 0) is 11.6 Å². The van der Waals surface area contributed by atoms with Crippen LogP contribution in [0.2, 0.25) is 0 Å². The zero-order valence-electron chi connectivity index (χ0n) is 13.6. The maximum atomic E-state index is 12.7. The number of piperidine rings is 1. The predicted octanol–water partition coefficient (Wildman–Crippen LogP) is 4.92. The molecule has 1 aromatic heterocycles. The Hall–Kier alpha value is -1.05. The minimum Gasteiger partial charge on any atom is -0.302 e. The zero-order chi connectivity index (χ0) is 17.5. The molecule has 1 aliphatic heterocycles. The molecule has 1 aliphatic carbocycles. The molecular formula is C18H19F3N2S2. The Balaban J connectivity index is 1.30. The minimum absolute atomic E-state index is 0.104. The highest BCUT2D eigenvalue weighted by atomic mass is 32.2. The Bertz CT molecular complexity index is 715. The fourth-order valence-corrected chi connectivity index (χ4v) is 5.56. The van der Waals surface area contributed by atoms with Crippen molar-refractivity contribution in [3.8, 4) is 0 Å². The highest BCUT2D eigenvalue weighted by molar-refractivity contribution is 8.00. The molecule has 0 N–H and O–H groups in total. The first kappa shape index (κ1) is 17.4. The van der Waals surface area contributed by atoms with Gasteiger partial charge in [-0.25, -0.2) is 4.98 Å². The van der Waals surface area contributed by atoms with E-state index in [-0.39, 0.29) is 5.41 Å². The molecular weight excluding hydrogens is 365 g/mol. The first-order valence-electron chi connectivity index (χ1n) is 8.40. The first-order chi connectivity index (χ1) is 12.0. The summed E-state index contributed by atoms with van der Waals surface area (Å²) in [5.41, 5.74) is 0.621. The Morgan fingerprint density at radius 2 is 2.08 bits per heavy atom. The van der Waals surface area contributed by atoms with Gasteiger partial charge in [-0.15, -0.1) is 11.3 Å². The summed E-state index contributed by atoms with van der Waals surface area (Å²) in [4.78, 5) is 6.73. The van der Waals surface area contributed by atoms with E-state index >= 15 is 0 Å². The number of alkyl halides is 3. The summed E-state index contributed by atoms with van der Waals surface area (Å²) in [7, 11) is 0. The molecule has 0 amide bonds. The summed E-state index contributed by atoms with van der Waals surface area (Å²) < 4.78 is 39.3. The molecule has 2 heterocycles. The molecule has 0 unspecified atom stereocenters. The monoisotopic (exact) mass is 384 g/mol. The highest BCUT2D eigenvalue weighted by Crippen LogP contribution is 2.59. The van der Waals surface area contributed by atoms with Crippen LogP contribution in [0, 0.1) is 5.92 Å². The first-order valence-corrected chi connectivity index (χ1v) is 10.3. The van der Waals surface area contributed by atoms with E-state index in [0.29, 0.717) is 5.92 Å². The second-order valence-electron chi connectivity index (χ2n) is 6.87. The number of thioether (sulfide) groups is 1. The van der Waals surface area contributed by atoms with Crippen LogP contribution in [0.4, 0.5) is 13.2 Å². The van der Waals surface area contributed by atoms with Crippen LogP contribution in [0.15, 0.2) is 40.2 Å². The third kappa shape index (κ3) is 3.59. The lowest BCUT2D eigenvalue weighted by atomic mass is 9.94. The van der Waals surface area contributed by atoms with Crippen LogP contribution in [0.1, 0.15) is 24.0 Å². The van der Waals surface area contributed by atoms with Gasteiger partial charge in [-0.1, -0.05) is 23.9 Å². The second-order valence-corrected chi connectivity index (χ2v) is 9.10. The number of hydrogen-bond acceptors (Lipinski definition) is 4. The molecule has 0 bridgehead atoms. The van der Waals surface area contributed by atoms with Gasteiger partial charge in [0.05, 0.1) is 5.56 Å². The average Bonchev–Trinajstić information content (AvgIpc) is 2.96. The van der Waals surface area contributed by atoms with Crippen LogP contribution in [0.3, 0.4) is 0 Å². The lowest BCUT2D eigenvalue weighted by Crippen LogP contribution is -2.27. The number of rotatable bonds is 6. The molecule has 0 radical (unpaired) electrons. The third-order valence-corrected chi connectivity index (χ3v) is 7.31. The van der Waals surface area contributed by atoms with Crippen LogP contribution < -0.4 is 0 Å². The molecule has 1 saturated heterocycles. The van der Waals surface area contributed by atoms with Crippen molar-refractivity contribution in [2.45, 2.75) is 28.8 Å². The number of aromatic nitrogens is 1. The molecule has 0 spiro atoms. The number of nitrogens with zero attached hydrogens (tertiary/aromatic N) is 2. The molecule has 1 aromatic carbocycles. The molecule has 2 atom stereocenters. The fraction of sp³-hybridized carbons (Fsp3) is 0.500. The van der Waals surface area contributed by atoms with Gasteiger partial charge < -0.3 is 4.90 Å². The minimum atomic E-state index is -4.25. The quantitative estimate of drug-likeness (QED) is 0.520. The van der Waals surface area contributed by atoms with E-state index in [1.165, 1.54) is 12.1 Å². The second kappa shape index (κ2) is 6.59. The van der Waals surface area contributed by atoms with Gasteiger partial charge in [0.1, 0.15) is 4.34 Å². The van der Waals surface area contributed by atoms with Gasteiger partial charge in [0.25, 0.3) is 0 Å².